The molecule has 0 heterocycles. The maximum absolute atomic E-state index is 10.9. The lowest BCUT2D eigenvalue weighted by Gasteiger charge is -2.16. The summed E-state index contributed by atoms with van der Waals surface area (Å²) in [5.41, 5.74) is 1.76. The van der Waals surface area contributed by atoms with Gasteiger partial charge in [-0.3, -0.25) is 4.79 Å². The molecule has 88 valence electrons. The fourth-order valence-electron chi connectivity index (χ4n) is 1.33. The Morgan fingerprint density at radius 3 is 2.62 bits per heavy atom. The quantitative estimate of drug-likeness (QED) is 0.616. The molecule has 0 unspecified atom stereocenters. The van der Waals surface area contributed by atoms with Gasteiger partial charge in [-0.05, 0) is 36.2 Å². The molecule has 0 radical (unpaired) electrons. The Morgan fingerprint density at radius 2 is 2.12 bits per heavy atom. The molecule has 0 saturated heterocycles. The molecule has 0 aromatic heterocycles. The predicted molar refractivity (Wildman–Crippen MR) is 65.5 cm³/mol. The van der Waals surface area contributed by atoms with Crippen molar-refractivity contribution in [2.45, 2.75) is 13.5 Å². The molecular weight excluding hydrogens is 249 g/mol. The molecular formula is C11H13Cl2NO2. The number of nitrogens with zero attached hydrogens (tertiary/aromatic N) is 1. The van der Waals surface area contributed by atoms with Crippen LogP contribution in [0.15, 0.2) is 12.1 Å². The van der Waals surface area contributed by atoms with Gasteiger partial charge in [-0.2, -0.15) is 0 Å². The summed E-state index contributed by atoms with van der Waals surface area (Å²) in [6.45, 7) is 2.26. The summed E-state index contributed by atoms with van der Waals surface area (Å²) in [4.78, 5) is 12.3. The maximum atomic E-state index is 10.9. The zero-order valence-electron chi connectivity index (χ0n) is 9.38. The van der Waals surface area contributed by atoms with Crippen LogP contribution in [0.5, 0.6) is 5.75 Å². The van der Waals surface area contributed by atoms with E-state index in [1.165, 1.54) is 4.90 Å². The number of carbonyl (C=O) groups is 1. The maximum Gasteiger partial charge on any atom is 0.316 e. The third-order valence-electron chi connectivity index (χ3n) is 2.27. The highest BCUT2D eigenvalue weighted by atomic mass is 35.5. The van der Waals surface area contributed by atoms with E-state index in [9.17, 15) is 4.79 Å². The van der Waals surface area contributed by atoms with E-state index in [-0.39, 0.29) is 0 Å². The first-order chi connectivity index (χ1) is 7.45. The number of aryl methyl sites for hydroxylation is 1. The van der Waals surface area contributed by atoms with Crippen LogP contribution in [0.4, 0.5) is 4.79 Å². The van der Waals surface area contributed by atoms with Gasteiger partial charge in [-0.25, -0.2) is 0 Å². The number of methoxy groups -OCH3 is 1. The predicted octanol–water partition coefficient (Wildman–Crippen LogP) is 3.45. The van der Waals surface area contributed by atoms with E-state index in [2.05, 4.69) is 0 Å². The van der Waals surface area contributed by atoms with Crippen molar-refractivity contribution in [3.63, 3.8) is 0 Å². The summed E-state index contributed by atoms with van der Waals surface area (Å²) >= 11 is 11.4. The molecule has 16 heavy (non-hydrogen) atoms. The number of rotatable bonds is 3. The number of hydrogen-bond donors (Lipinski definition) is 0. The number of amides is 1. The first-order valence-corrected chi connectivity index (χ1v) is 5.45. The molecule has 0 bridgehead atoms. The van der Waals surface area contributed by atoms with Crippen LogP contribution in [-0.4, -0.2) is 24.4 Å². The highest BCUT2D eigenvalue weighted by Gasteiger charge is 2.11. The molecule has 0 aliphatic heterocycles. The summed E-state index contributed by atoms with van der Waals surface area (Å²) in [5, 5.41) is 0.130. The molecule has 1 aromatic carbocycles. The topological polar surface area (TPSA) is 29.5 Å². The Kier molecular flexibility index (Phi) is 4.44. The average Bonchev–Trinajstić information content (AvgIpc) is 2.22. The van der Waals surface area contributed by atoms with Crippen molar-refractivity contribution in [2.24, 2.45) is 0 Å². The molecule has 3 nitrogen and oxygen atoms in total. The van der Waals surface area contributed by atoms with Crippen molar-refractivity contribution >= 4 is 28.6 Å². The van der Waals surface area contributed by atoms with E-state index in [1.807, 2.05) is 13.0 Å². The van der Waals surface area contributed by atoms with Crippen LogP contribution in [-0.2, 0) is 6.54 Å². The fraction of sp³-hybridized carbons (Fsp3) is 0.364. The lowest BCUT2D eigenvalue weighted by molar-refractivity contribution is 0.230. The van der Waals surface area contributed by atoms with E-state index in [0.717, 1.165) is 11.1 Å². The van der Waals surface area contributed by atoms with Crippen molar-refractivity contribution in [1.82, 2.24) is 4.90 Å². The zero-order chi connectivity index (χ0) is 12.3. The lowest BCUT2D eigenvalue weighted by atomic mass is 10.1. The molecule has 0 aliphatic rings. The van der Waals surface area contributed by atoms with Crippen LogP contribution in [0.25, 0.3) is 0 Å². The van der Waals surface area contributed by atoms with Gasteiger partial charge in [0.1, 0.15) is 5.75 Å². The molecule has 0 atom stereocenters. The smallest absolute Gasteiger partial charge is 0.316 e. The van der Waals surface area contributed by atoms with Crippen molar-refractivity contribution in [1.29, 1.82) is 0 Å². The Morgan fingerprint density at radius 1 is 1.50 bits per heavy atom. The molecule has 0 N–H and O–H groups in total. The third-order valence-corrected chi connectivity index (χ3v) is 2.97. The first kappa shape index (κ1) is 13.1. The fourth-order valence-corrected chi connectivity index (χ4v) is 1.57. The van der Waals surface area contributed by atoms with Gasteiger partial charge in [0, 0.05) is 17.6 Å². The van der Waals surface area contributed by atoms with Gasteiger partial charge in [0.15, 0.2) is 0 Å². The normalized spacial score (nSPS) is 10.1. The standard InChI is InChI=1S/C11H13Cl2NO2/c1-7-4-10(16-3)8(5-9(7)12)6-14(2)11(13)15/h4-5H,6H2,1-3H3. The average molecular weight is 262 g/mol. The van der Waals surface area contributed by atoms with Crippen LogP contribution in [0, 0.1) is 6.92 Å². The van der Waals surface area contributed by atoms with Crippen molar-refractivity contribution in [2.75, 3.05) is 14.2 Å². The third kappa shape index (κ3) is 3.03. The van der Waals surface area contributed by atoms with Crippen molar-refractivity contribution in [3.8, 4) is 5.75 Å². The van der Waals surface area contributed by atoms with E-state index in [4.69, 9.17) is 27.9 Å². The van der Waals surface area contributed by atoms with Gasteiger partial charge in [0.05, 0.1) is 13.7 Å². The van der Waals surface area contributed by atoms with Crippen LogP contribution < -0.4 is 4.74 Å². The van der Waals surface area contributed by atoms with Gasteiger partial charge in [-0.1, -0.05) is 11.6 Å². The molecule has 0 saturated carbocycles. The summed E-state index contributed by atoms with van der Waals surface area (Å²) in [6.07, 6.45) is 0. The second kappa shape index (κ2) is 5.41. The van der Waals surface area contributed by atoms with Crippen LogP contribution >= 0.6 is 23.2 Å². The zero-order valence-corrected chi connectivity index (χ0v) is 10.9. The Labute approximate surface area is 105 Å². The summed E-state index contributed by atoms with van der Waals surface area (Å²) < 4.78 is 5.22. The summed E-state index contributed by atoms with van der Waals surface area (Å²) in [6, 6.07) is 3.62. The van der Waals surface area contributed by atoms with Crippen LogP contribution in [0.3, 0.4) is 0 Å². The van der Waals surface area contributed by atoms with Crippen molar-refractivity contribution < 1.29 is 9.53 Å². The van der Waals surface area contributed by atoms with Crippen molar-refractivity contribution in [3.05, 3.63) is 28.3 Å². The van der Waals surface area contributed by atoms with E-state index >= 15 is 0 Å². The highest BCUT2D eigenvalue weighted by molar-refractivity contribution is 6.62. The summed E-state index contributed by atoms with van der Waals surface area (Å²) in [5.74, 6) is 0.701. The number of halogens is 2. The number of ether oxygens (including phenoxy) is 1. The molecule has 5 heteroatoms. The molecule has 1 amide bonds. The number of hydrogen-bond acceptors (Lipinski definition) is 2. The second-order valence-corrected chi connectivity index (χ2v) is 4.25. The Hall–Kier alpha value is -0.930. The monoisotopic (exact) mass is 261 g/mol. The van der Waals surface area contributed by atoms with Gasteiger partial charge in [0.25, 0.3) is 0 Å². The minimum absolute atomic E-state index is 0.367. The minimum Gasteiger partial charge on any atom is -0.496 e. The number of benzene rings is 1. The molecule has 0 spiro atoms. The molecule has 0 fully saturated rings. The highest BCUT2D eigenvalue weighted by Crippen LogP contribution is 2.27. The van der Waals surface area contributed by atoms with E-state index < -0.39 is 5.37 Å². The van der Waals surface area contributed by atoms with Crippen LogP contribution in [0.2, 0.25) is 5.02 Å². The number of carbonyl (C=O) groups excluding carboxylic acids is 1. The van der Waals surface area contributed by atoms with Gasteiger partial charge >= 0.3 is 5.37 Å². The van der Waals surface area contributed by atoms with Gasteiger partial charge in [-0.15, -0.1) is 0 Å². The Bertz CT molecular complexity index is 407. The Balaban J connectivity index is 3.03. The SMILES string of the molecule is COc1cc(C)c(Cl)cc1CN(C)C(=O)Cl. The molecule has 1 aromatic rings. The van der Waals surface area contributed by atoms with E-state index in [1.54, 1.807) is 20.2 Å². The first-order valence-electron chi connectivity index (χ1n) is 4.69. The largest absolute Gasteiger partial charge is 0.496 e. The van der Waals surface area contributed by atoms with Gasteiger partial charge in [0.2, 0.25) is 0 Å². The van der Waals surface area contributed by atoms with Gasteiger partial charge < -0.3 is 9.64 Å². The van der Waals surface area contributed by atoms with E-state index in [0.29, 0.717) is 17.3 Å². The summed E-state index contributed by atoms with van der Waals surface area (Å²) in [7, 11) is 3.19. The molecule has 1 rings (SSSR count). The van der Waals surface area contributed by atoms with Crippen LogP contribution in [0.1, 0.15) is 11.1 Å². The minimum atomic E-state index is -0.515. The lowest BCUT2D eigenvalue weighted by Crippen LogP contribution is -2.20. The second-order valence-electron chi connectivity index (χ2n) is 3.52. The molecule has 0 aliphatic carbocycles.